The molecule has 0 saturated heterocycles. The number of benzene rings is 1. The molecule has 1 rings (SSSR count). The van der Waals surface area contributed by atoms with Gasteiger partial charge in [-0.1, -0.05) is 18.2 Å². The third-order valence-electron chi connectivity index (χ3n) is 1.78. The van der Waals surface area contributed by atoms with E-state index in [1.807, 2.05) is 31.3 Å². The van der Waals surface area contributed by atoms with Gasteiger partial charge in [0.05, 0.1) is 13.3 Å². The molecule has 0 amide bonds. The van der Waals surface area contributed by atoms with Crippen molar-refractivity contribution in [3.63, 3.8) is 0 Å². The van der Waals surface area contributed by atoms with Crippen LogP contribution in [-0.4, -0.2) is 14.2 Å². The number of hydrogen-bond donors (Lipinski definition) is 2. The Morgan fingerprint density at radius 2 is 2.08 bits per heavy atom. The Hall–Kier alpha value is -1.06. The first-order valence-corrected chi connectivity index (χ1v) is 3.85. The summed E-state index contributed by atoms with van der Waals surface area (Å²) in [4.78, 5) is 0. The average molecular weight is 166 g/mol. The summed E-state index contributed by atoms with van der Waals surface area (Å²) in [6.45, 7) is 0. The molecule has 0 aliphatic heterocycles. The van der Waals surface area contributed by atoms with E-state index in [1.54, 1.807) is 7.11 Å². The summed E-state index contributed by atoms with van der Waals surface area (Å²) in [5.41, 5.74) is 6.75. The van der Waals surface area contributed by atoms with Gasteiger partial charge in [-0.2, -0.15) is 0 Å². The van der Waals surface area contributed by atoms with Crippen LogP contribution in [0.4, 0.5) is 0 Å². The Labute approximate surface area is 72.5 Å². The van der Waals surface area contributed by atoms with E-state index in [2.05, 4.69) is 5.32 Å². The van der Waals surface area contributed by atoms with Crippen LogP contribution in [0.2, 0.25) is 0 Å². The van der Waals surface area contributed by atoms with Crippen molar-refractivity contribution in [3.8, 4) is 5.75 Å². The molecule has 0 aliphatic rings. The molecule has 66 valence electrons. The summed E-state index contributed by atoms with van der Waals surface area (Å²) in [6, 6.07) is 7.70. The topological polar surface area (TPSA) is 47.3 Å². The van der Waals surface area contributed by atoms with E-state index in [0.29, 0.717) is 0 Å². The van der Waals surface area contributed by atoms with Crippen LogP contribution in [0.5, 0.6) is 5.75 Å². The summed E-state index contributed by atoms with van der Waals surface area (Å²) in [7, 11) is 3.46. The Balaban J connectivity index is 2.96. The van der Waals surface area contributed by atoms with Crippen molar-refractivity contribution >= 4 is 0 Å². The fraction of sp³-hybridized carbons (Fsp3) is 0.333. The first-order chi connectivity index (χ1) is 5.79. The Morgan fingerprint density at radius 3 is 2.67 bits per heavy atom. The van der Waals surface area contributed by atoms with Crippen molar-refractivity contribution in [1.29, 1.82) is 0 Å². The average Bonchev–Trinajstić information content (AvgIpc) is 2.16. The normalized spacial score (nSPS) is 12.6. The molecule has 3 nitrogen and oxygen atoms in total. The predicted molar refractivity (Wildman–Crippen MR) is 49.0 cm³/mol. The molecule has 1 aromatic carbocycles. The zero-order chi connectivity index (χ0) is 8.97. The molecule has 0 aromatic heterocycles. The fourth-order valence-electron chi connectivity index (χ4n) is 1.08. The highest BCUT2D eigenvalue weighted by molar-refractivity contribution is 5.35. The molecule has 0 aliphatic carbocycles. The fourth-order valence-corrected chi connectivity index (χ4v) is 1.08. The lowest BCUT2D eigenvalue weighted by molar-refractivity contribution is 0.402. The van der Waals surface area contributed by atoms with E-state index in [4.69, 9.17) is 10.5 Å². The number of methoxy groups -OCH3 is 1. The highest BCUT2D eigenvalue weighted by Gasteiger charge is 2.07. The van der Waals surface area contributed by atoms with Gasteiger partial charge in [-0.3, -0.25) is 0 Å². The van der Waals surface area contributed by atoms with Gasteiger partial charge >= 0.3 is 0 Å². The van der Waals surface area contributed by atoms with Gasteiger partial charge in [-0.15, -0.1) is 0 Å². The maximum atomic E-state index is 5.78. The Morgan fingerprint density at radius 1 is 1.42 bits per heavy atom. The number of para-hydroxylation sites is 1. The van der Waals surface area contributed by atoms with E-state index in [9.17, 15) is 0 Å². The SMILES string of the molecule is CNC(N)c1ccccc1OC. The highest BCUT2D eigenvalue weighted by atomic mass is 16.5. The van der Waals surface area contributed by atoms with Gasteiger partial charge in [0.25, 0.3) is 0 Å². The van der Waals surface area contributed by atoms with Crippen LogP contribution in [-0.2, 0) is 0 Å². The maximum absolute atomic E-state index is 5.78. The number of ether oxygens (including phenoxy) is 1. The van der Waals surface area contributed by atoms with Crippen molar-refractivity contribution in [2.24, 2.45) is 5.73 Å². The van der Waals surface area contributed by atoms with E-state index < -0.39 is 0 Å². The third kappa shape index (κ3) is 1.75. The van der Waals surface area contributed by atoms with E-state index in [-0.39, 0.29) is 6.17 Å². The van der Waals surface area contributed by atoms with Gasteiger partial charge < -0.3 is 15.8 Å². The molecule has 1 atom stereocenters. The van der Waals surface area contributed by atoms with Crippen LogP contribution in [0.3, 0.4) is 0 Å². The maximum Gasteiger partial charge on any atom is 0.124 e. The summed E-state index contributed by atoms with van der Waals surface area (Å²) in [6.07, 6.45) is -0.166. The minimum absolute atomic E-state index is 0.166. The van der Waals surface area contributed by atoms with Gasteiger partial charge in [0, 0.05) is 5.56 Å². The molecule has 0 heterocycles. The second kappa shape index (κ2) is 4.09. The lowest BCUT2D eigenvalue weighted by Gasteiger charge is -2.13. The molecule has 3 heteroatoms. The molecule has 1 aromatic rings. The van der Waals surface area contributed by atoms with E-state index in [0.717, 1.165) is 11.3 Å². The second-order valence-corrected chi connectivity index (χ2v) is 2.51. The monoisotopic (exact) mass is 166 g/mol. The number of rotatable bonds is 3. The van der Waals surface area contributed by atoms with Gasteiger partial charge in [0.15, 0.2) is 0 Å². The standard InChI is InChI=1S/C9H14N2O/c1-11-9(10)7-5-3-4-6-8(7)12-2/h3-6,9,11H,10H2,1-2H3. The lowest BCUT2D eigenvalue weighted by Crippen LogP contribution is -2.25. The van der Waals surface area contributed by atoms with E-state index >= 15 is 0 Å². The molecule has 0 saturated carbocycles. The van der Waals surface area contributed by atoms with Crippen molar-refractivity contribution in [1.82, 2.24) is 5.32 Å². The highest BCUT2D eigenvalue weighted by Crippen LogP contribution is 2.20. The molecule has 1 unspecified atom stereocenters. The zero-order valence-corrected chi connectivity index (χ0v) is 7.37. The van der Waals surface area contributed by atoms with Gasteiger partial charge in [0.2, 0.25) is 0 Å². The minimum Gasteiger partial charge on any atom is -0.496 e. The number of nitrogens with one attached hydrogen (secondary N) is 1. The van der Waals surface area contributed by atoms with Gasteiger partial charge in [-0.05, 0) is 13.1 Å². The van der Waals surface area contributed by atoms with Crippen molar-refractivity contribution in [2.75, 3.05) is 14.2 Å². The van der Waals surface area contributed by atoms with Crippen LogP contribution in [0.1, 0.15) is 11.7 Å². The third-order valence-corrected chi connectivity index (χ3v) is 1.78. The number of hydrogen-bond acceptors (Lipinski definition) is 3. The van der Waals surface area contributed by atoms with Crippen molar-refractivity contribution < 1.29 is 4.74 Å². The van der Waals surface area contributed by atoms with Crippen LogP contribution < -0.4 is 15.8 Å². The smallest absolute Gasteiger partial charge is 0.124 e. The summed E-state index contributed by atoms with van der Waals surface area (Å²) >= 11 is 0. The largest absolute Gasteiger partial charge is 0.496 e. The van der Waals surface area contributed by atoms with Gasteiger partial charge in [-0.25, -0.2) is 0 Å². The van der Waals surface area contributed by atoms with Crippen LogP contribution in [0.25, 0.3) is 0 Å². The van der Waals surface area contributed by atoms with E-state index in [1.165, 1.54) is 0 Å². The second-order valence-electron chi connectivity index (χ2n) is 2.51. The van der Waals surface area contributed by atoms with Crippen molar-refractivity contribution in [2.45, 2.75) is 6.17 Å². The molecular formula is C9H14N2O. The van der Waals surface area contributed by atoms with Crippen LogP contribution in [0.15, 0.2) is 24.3 Å². The van der Waals surface area contributed by atoms with Crippen LogP contribution in [0, 0.1) is 0 Å². The lowest BCUT2D eigenvalue weighted by atomic mass is 10.1. The minimum atomic E-state index is -0.166. The molecule has 0 spiro atoms. The molecule has 0 radical (unpaired) electrons. The summed E-state index contributed by atoms with van der Waals surface area (Å²) in [5.74, 6) is 0.819. The molecule has 12 heavy (non-hydrogen) atoms. The Kier molecular flexibility index (Phi) is 3.08. The predicted octanol–water partition coefficient (Wildman–Crippen LogP) is 0.872. The first kappa shape index (κ1) is 9.03. The van der Waals surface area contributed by atoms with Crippen LogP contribution >= 0.6 is 0 Å². The molecule has 3 N–H and O–H groups in total. The quantitative estimate of drug-likeness (QED) is 0.655. The number of nitrogens with two attached hydrogens (primary N) is 1. The first-order valence-electron chi connectivity index (χ1n) is 3.85. The molecule has 0 bridgehead atoms. The Bertz CT molecular complexity index is 250. The van der Waals surface area contributed by atoms with Gasteiger partial charge in [0.1, 0.15) is 5.75 Å². The molecule has 0 fully saturated rings. The zero-order valence-electron chi connectivity index (χ0n) is 7.37. The van der Waals surface area contributed by atoms with Crippen molar-refractivity contribution in [3.05, 3.63) is 29.8 Å². The summed E-state index contributed by atoms with van der Waals surface area (Å²) in [5, 5.41) is 2.95. The molecular weight excluding hydrogens is 152 g/mol. The summed E-state index contributed by atoms with van der Waals surface area (Å²) < 4.78 is 5.15.